The molecule has 0 saturated heterocycles. The first-order valence-corrected chi connectivity index (χ1v) is 11.3. The predicted molar refractivity (Wildman–Crippen MR) is 113 cm³/mol. The molecule has 0 bridgehead atoms. The van der Waals surface area contributed by atoms with Crippen LogP contribution in [0.5, 0.6) is 0 Å². The second kappa shape index (κ2) is 8.16. The monoisotopic (exact) mass is 386 g/mol. The number of carbonyl (C=O) groups is 2. The molecule has 0 amide bonds. The minimum Gasteiger partial charge on any atom is -0.478 e. The van der Waals surface area contributed by atoms with Crippen LogP contribution < -0.4 is 0 Å². The van der Waals surface area contributed by atoms with Crippen LogP contribution in [0.25, 0.3) is 0 Å². The lowest BCUT2D eigenvalue weighted by Crippen LogP contribution is -2.38. The third kappa shape index (κ3) is 4.00. The van der Waals surface area contributed by atoms with Crippen LogP contribution in [0.2, 0.25) is 0 Å². The summed E-state index contributed by atoms with van der Waals surface area (Å²) in [6.45, 7) is 9.44. The summed E-state index contributed by atoms with van der Waals surface area (Å²) in [6, 6.07) is 0. The third-order valence-corrected chi connectivity index (χ3v) is 8.95. The first kappa shape index (κ1) is 21.3. The first-order valence-electron chi connectivity index (χ1n) is 11.3. The molecular weight excluding hydrogens is 348 g/mol. The van der Waals surface area contributed by atoms with Crippen molar-refractivity contribution in [1.82, 2.24) is 0 Å². The highest BCUT2D eigenvalue weighted by molar-refractivity contribution is 5.91. The fraction of sp³-hybridized carbons (Fsp3) is 0.760. The van der Waals surface area contributed by atoms with Gasteiger partial charge in [-0.15, -0.1) is 0 Å². The van der Waals surface area contributed by atoms with E-state index in [9.17, 15) is 9.59 Å². The zero-order valence-corrected chi connectivity index (χ0v) is 18.2. The molecule has 2 unspecified atom stereocenters. The fourth-order valence-electron chi connectivity index (χ4n) is 6.72. The summed E-state index contributed by atoms with van der Waals surface area (Å²) < 4.78 is 0. The predicted octanol–water partition coefficient (Wildman–Crippen LogP) is 6.19. The van der Waals surface area contributed by atoms with Gasteiger partial charge < -0.3 is 5.11 Å². The zero-order valence-electron chi connectivity index (χ0n) is 18.2. The van der Waals surface area contributed by atoms with Crippen LogP contribution in [-0.2, 0) is 9.59 Å². The van der Waals surface area contributed by atoms with Crippen molar-refractivity contribution in [3.8, 4) is 0 Å². The Kier molecular flexibility index (Phi) is 6.22. The van der Waals surface area contributed by atoms with Crippen molar-refractivity contribution in [2.75, 3.05) is 0 Å². The highest BCUT2D eigenvalue weighted by atomic mass is 16.4. The van der Waals surface area contributed by atoms with Crippen molar-refractivity contribution < 1.29 is 14.7 Å². The molecular formula is C25H38O3. The van der Waals surface area contributed by atoms with Crippen molar-refractivity contribution in [2.24, 2.45) is 34.5 Å². The highest BCUT2D eigenvalue weighted by Crippen LogP contribution is 2.57. The lowest BCUT2D eigenvalue weighted by Gasteiger charge is -2.47. The number of rotatable bonds is 6. The van der Waals surface area contributed by atoms with E-state index >= 15 is 0 Å². The minimum atomic E-state index is -0.846. The summed E-state index contributed by atoms with van der Waals surface area (Å²) in [7, 11) is 0. The van der Waals surface area contributed by atoms with Crippen LogP contribution in [0.4, 0.5) is 0 Å². The molecule has 3 aliphatic rings. The van der Waals surface area contributed by atoms with Gasteiger partial charge in [-0.1, -0.05) is 39.3 Å². The molecule has 156 valence electrons. The Morgan fingerprint density at radius 2 is 2.04 bits per heavy atom. The minimum absolute atomic E-state index is 0.217. The maximum Gasteiger partial charge on any atom is 0.327 e. The molecule has 6 atom stereocenters. The number of aliphatic carboxylic acids is 1. The van der Waals surface area contributed by atoms with Crippen molar-refractivity contribution >= 4 is 11.8 Å². The van der Waals surface area contributed by atoms with Crippen LogP contribution in [-0.4, -0.2) is 16.9 Å². The Hall–Kier alpha value is -1.38. The standard InChI is InChI=1S/C25H38O3/c1-17(8-11-23(27)28)22-10-9-18(2)24(22,3)14-12-19-6-5-7-20-16-21(26)13-15-25(19,20)4/h8,11,16-19,22H,5-7,9-10,12-15H2,1-4H3,(H,27,28)/b11-8+/t17-,18?,19?,22-,24+,25-/m1/s1. The number of fused-ring (bicyclic) bond motifs is 1. The normalized spacial score (nSPS) is 39.6. The van der Waals surface area contributed by atoms with E-state index in [1.165, 1.54) is 50.2 Å². The first-order chi connectivity index (χ1) is 13.2. The zero-order chi connectivity index (χ0) is 20.5. The number of carbonyl (C=O) groups excluding carboxylic acids is 1. The van der Waals surface area contributed by atoms with Gasteiger partial charge in [-0.2, -0.15) is 0 Å². The molecule has 1 N–H and O–H groups in total. The van der Waals surface area contributed by atoms with Crippen molar-refractivity contribution in [3.05, 3.63) is 23.8 Å². The fourth-order valence-corrected chi connectivity index (χ4v) is 6.72. The van der Waals surface area contributed by atoms with Crippen molar-refractivity contribution in [2.45, 2.75) is 85.5 Å². The summed E-state index contributed by atoms with van der Waals surface area (Å²) in [5, 5.41) is 9.00. The summed E-state index contributed by atoms with van der Waals surface area (Å²) >= 11 is 0. The highest BCUT2D eigenvalue weighted by Gasteiger charge is 2.48. The summed E-state index contributed by atoms with van der Waals surface area (Å²) in [6.07, 6.45) is 15.4. The average Bonchev–Trinajstić information content (AvgIpc) is 2.94. The van der Waals surface area contributed by atoms with E-state index in [0.717, 1.165) is 12.8 Å². The molecule has 2 fully saturated rings. The molecule has 0 aromatic heterocycles. The van der Waals surface area contributed by atoms with Gasteiger partial charge in [0.15, 0.2) is 5.78 Å². The van der Waals surface area contributed by atoms with Gasteiger partial charge in [0.25, 0.3) is 0 Å². The summed E-state index contributed by atoms with van der Waals surface area (Å²) in [5.74, 6) is 1.69. The molecule has 0 radical (unpaired) electrons. The smallest absolute Gasteiger partial charge is 0.327 e. The van der Waals surface area contributed by atoms with Crippen LogP contribution in [0.1, 0.15) is 85.5 Å². The molecule has 3 heteroatoms. The Labute approximate surface area is 170 Å². The number of carboxylic acids is 1. The van der Waals surface area contributed by atoms with Gasteiger partial charge in [-0.05, 0) is 91.9 Å². The number of hydrogen-bond acceptors (Lipinski definition) is 2. The van der Waals surface area contributed by atoms with E-state index in [1.54, 1.807) is 0 Å². The van der Waals surface area contributed by atoms with E-state index < -0.39 is 5.97 Å². The van der Waals surface area contributed by atoms with Gasteiger partial charge in [0.2, 0.25) is 0 Å². The van der Waals surface area contributed by atoms with E-state index in [4.69, 9.17) is 5.11 Å². The van der Waals surface area contributed by atoms with E-state index in [0.29, 0.717) is 35.9 Å². The Morgan fingerprint density at radius 1 is 1.29 bits per heavy atom. The van der Waals surface area contributed by atoms with E-state index in [1.807, 2.05) is 12.2 Å². The number of allylic oxidation sites excluding steroid dienone is 3. The number of carboxylic acid groups (broad SMARTS) is 1. The van der Waals surface area contributed by atoms with E-state index in [-0.39, 0.29) is 10.8 Å². The van der Waals surface area contributed by atoms with Crippen molar-refractivity contribution in [3.63, 3.8) is 0 Å². The van der Waals surface area contributed by atoms with Gasteiger partial charge in [-0.3, -0.25) is 4.79 Å². The maximum absolute atomic E-state index is 11.9. The number of ketones is 1. The quantitative estimate of drug-likeness (QED) is 0.554. The molecule has 3 rings (SSSR count). The molecule has 0 heterocycles. The topological polar surface area (TPSA) is 54.4 Å². The molecule has 0 aromatic carbocycles. The van der Waals surface area contributed by atoms with Gasteiger partial charge >= 0.3 is 5.97 Å². The van der Waals surface area contributed by atoms with Gasteiger partial charge in [0.1, 0.15) is 0 Å². The lowest BCUT2D eigenvalue weighted by atomic mass is 9.57. The second-order valence-corrected chi connectivity index (χ2v) is 10.3. The largest absolute Gasteiger partial charge is 0.478 e. The average molecular weight is 387 g/mol. The molecule has 3 aliphatic carbocycles. The molecule has 0 aromatic rings. The summed E-state index contributed by atoms with van der Waals surface area (Å²) in [5.41, 5.74) is 1.90. The van der Waals surface area contributed by atoms with Gasteiger partial charge in [0.05, 0.1) is 0 Å². The Bertz CT molecular complexity index is 675. The number of hydrogen-bond donors (Lipinski definition) is 1. The Balaban J connectivity index is 1.73. The third-order valence-electron chi connectivity index (χ3n) is 8.95. The van der Waals surface area contributed by atoms with E-state index in [2.05, 4.69) is 27.7 Å². The molecule has 28 heavy (non-hydrogen) atoms. The Morgan fingerprint density at radius 3 is 2.75 bits per heavy atom. The molecule has 0 aliphatic heterocycles. The van der Waals surface area contributed by atoms with Gasteiger partial charge in [-0.25, -0.2) is 4.79 Å². The molecule has 3 nitrogen and oxygen atoms in total. The molecule has 2 saturated carbocycles. The second-order valence-electron chi connectivity index (χ2n) is 10.3. The van der Waals surface area contributed by atoms with Crippen LogP contribution >= 0.6 is 0 Å². The summed E-state index contributed by atoms with van der Waals surface area (Å²) in [4.78, 5) is 22.9. The maximum atomic E-state index is 11.9. The van der Waals surface area contributed by atoms with Crippen LogP contribution in [0.3, 0.4) is 0 Å². The van der Waals surface area contributed by atoms with Crippen LogP contribution in [0.15, 0.2) is 23.8 Å². The van der Waals surface area contributed by atoms with Gasteiger partial charge in [0, 0.05) is 12.5 Å². The SMILES string of the molecule is CC1CC[C@H]([C@H](C)/C=C/C(=O)O)[C@@]1(C)CCC1CCCC2=CC(=O)CC[C@@]21C. The molecule has 0 spiro atoms. The van der Waals surface area contributed by atoms with Crippen LogP contribution in [0, 0.1) is 34.5 Å². The lowest BCUT2D eigenvalue weighted by molar-refractivity contribution is -0.131. The van der Waals surface area contributed by atoms with Crippen molar-refractivity contribution in [1.29, 1.82) is 0 Å².